The second kappa shape index (κ2) is 33.7. The molecule has 0 spiro atoms. The third-order valence-electron chi connectivity index (χ3n) is 12.0. The fraction of sp³-hybridized carbons (Fsp3) is 0.472. The van der Waals surface area contributed by atoms with Crippen LogP contribution in [0.2, 0.25) is 0 Å². The topological polar surface area (TPSA) is 212 Å². The Kier molecular flexibility index (Phi) is 28.2. The van der Waals surface area contributed by atoms with Crippen LogP contribution in [0.15, 0.2) is 110 Å². The first-order chi connectivity index (χ1) is 34.2. The number of rotatable bonds is 30. The number of carbonyl (C=O) groups is 6. The number of ether oxygens (including phenoxy) is 1. The monoisotopic (exact) mass is 1010 g/mol. The molecule has 5 N–H and O–H groups in total. The van der Waals surface area contributed by atoms with E-state index in [4.69, 9.17) is 4.74 Å². The summed E-state index contributed by atoms with van der Waals surface area (Å²) < 4.78 is 4.88. The molecule has 0 radical (unpaired) electrons. The maximum absolute atomic E-state index is 13.0. The average Bonchev–Trinajstić information content (AvgIpc) is 3.38. The summed E-state index contributed by atoms with van der Waals surface area (Å²) in [6.07, 6.45) is 12.7. The Hall–Kier alpha value is -5.82. The normalized spacial score (nSPS) is 13.5. The molecular formula is C53H74N8O8S2. The molecule has 0 aliphatic heterocycles. The van der Waals surface area contributed by atoms with Gasteiger partial charge in [0.05, 0.1) is 31.3 Å². The number of amides is 4. The van der Waals surface area contributed by atoms with Gasteiger partial charge < -0.3 is 31.1 Å². The van der Waals surface area contributed by atoms with Crippen LogP contribution in [-0.2, 0) is 37.0 Å². The molecule has 4 aromatic rings. The third-order valence-corrected chi connectivity index (χ3v) is 13.2. The van der Waals surface area contributed by atoms with Crippen LogP contribution in [-0.4, -0.2) is 142 Å². The summed E-state index contributed by atoms with van der Waals surface area (Å²) in [5.74, 6) is -0.806. The standard InChI is InChI=1S/C27H38N4O4S.C26H36N4O4S/c1-5-20(2)24(30-26(33)22-12-9-14-28-16-22)18-31(17-21-10-7-6-8-11-21)19-25(32)29-23(13-15-36-4)27(34)35-3;1-4-19(2)23(29-25(32)21-11-8-13-27-15-21)17-30(16-20-9-6-5-7-10-20)18-24(31)28-22(26(33)34)12-14-35-3/h6-12,14,16,20,23-24H,5,13,15,17-19H2,1-4H3,(H,29,32)(H,30,33);5-11,13,15,19,22-23H,4,12,14,16-18H2,1-3H3,(H,28,31)(H,29,32)(H,33,34)/t20-,23-,24+;19-,22-,23+/m00/s1. The molecule has 2 heterocycles. The first-order valence-corrected chi connectivity index (χ1v) is 26.8. The second-order valence-corrected chi connectivity index (χ2v) is 19.4. The lowest BCUT2D eigenvalue weighted by Crippen LogP contribution is -2.51. The average molecular weight is 1020 g/mol. The van der Waals surface area contributed by atoms with E-state index in [1.807, 2.05) is 83.0 Å². The van der Waals surface area contributed by atoms with Gasteiger partial charge in [-0.1, -0.05) is 101 Å². The minimum Gasteiger partial charge on any atom is -0.480 e. The van der Waals surface area contributed by atoms with Crippen molar-refractivity contribution in [3.8, 4) is 0 Å². The zero-order chi connectivity index (χ0) is 52.0. The molecule has 71 heavy (non-hydrogen) atoms. The summed E-state index contributed by atoms with van der Waals surface area (Å²) in [4.78, 5) is 87.4. The number of aromatic nitrogens is 2. The second-order valence-electron chi connectivity index (χ2n) is 17.4. The Morgan fingerprint density at radius 2 is 1.01 bits per heavy atom. The van der Waals surface area contributed by atoms with Crippen molar-refractivity contribution in [3.63, 3.8) is 0 Å². The maximum atomic E-state index is 13.0. The van der Waals surface area contributed by atoms with Crippen LogP contribution in [0, 0.1) is 11.8 Å². The molecule has 0 fully saturated rings. The number of carboxylic acid groups (broad SMARTS) is 1. The Balaban J connectivity index is 0.000000375. The number of aliphatic carboxylic acids is 1. The van der Waals surface area contributed by atoms with Crippen molar-refractivity contribution in [2.75, 3.05) is 57.3 Å². The lowest BCUT2D eigenvalue weighted by Gasteiger charge is -2.31. The predicted octanol–water partition coefficient (Wildman–Crippen LogP) is 6.19. The Morgan fingerprint density at radius 1 is 0.606 bits per heavy atom. The SMILES string of the molecule is CC[C@H](C)[C@@H](CN(CC(=O)N[C@@H](CCSC)C(=O)O)Cc1ccccc1)NC(=O)c1cccnc1.CC[C@H](C)[C@@H](CN(CC(=O)N[C@@H](CCSC)C(=O)OC)Cc1ccccc1)NC(=O)c1cccnc1. The fourth-order valence-electron chi connectivity index (χ4n) is 7.42. The van der Waals surface area contributed by atoms with Crippen LogP contribution in [0.1, 0.15) is 85.2 Å². The van der Waals surface area contributed by atoms with E-state index in [0.29, 0.717) is 55.9 Å². The molecule has 0 bridgehead atoms. The Morgan fingerprint density at radius 3 is 1.37 bits per heavy atom. The molecule has 0 saturated carbocycles. The van der Waals surface area contributed by atoms with Crippen molar-refractivity contribution < 1.29 is 38.6 Å². The van der Waals surface area contributed by atoms with Gasteiger partial charge in [0.2, 0.25) is 11.8 Å². The van der Waals surface area contributed by atoms with Gasteiger partial charge in [-0.05, 0) is 84.1 Å². The van der Waals surface area contributed by atoms with Gasteiger partial charge in [-0.2, -0.15) is 23.5 Å². The highest BCUT2D eigenvalue weighted by Crippen LogP contribution is 2.16. The number of nitrogens with one attached hydrogen (secondary N) is 4. The molecule has 0 saturated heterocycles. The van der Waals surface area contributed by atoms with Crippen molar-refractivity contribution in [1.29, 1.82) is 0 Å². The summed E-state index contributed by atoms with van der Waals surface area (Å²) in [5.41, 5.74) is 3.05. The molecule has 386 valence electrons. The highest BCUT2D eigenvalue weighted by Gasteiger charge is 2.28. The highest BCUT2D eigenvalue weighted by molar-refractivity contribution is 7.98. The number of pyridine rings is 2. The van der Waals surface area contributed by atoms with E-state index in [-0.39, 0.29) is 60.6 Å². The lowest BCUT2D eigenvalue weighted by molar-refractivity contribution is -0.145. The number of methoxy groups -OCH3 is 1. The van der Waals surface area contributed by atoms with E-state index in [1.54, 1.807) is 54.6 Å². The van der Waals surface area contributed by atoms with Crippen molar-refractivity contribution in [2.24, 2.45) is 11.8 Å². The van der Waals surface area contributed by atoms with Crippen LogP contribution in [0.5, 0.6) is 0 Å². The summed E-state index contributed by atoms with van der Waals surface area (Å²) in [7, 11) is 1.32. The van der Waals surface area contributed by atoms with E-state index in [1.165, 1.54) is 25.1 Å². The maximum Gasteiger partial charge on any atom is 0.328 e. The van der Waals surface area contributed by atoms with Gasteiger partial charge in [0.1, 0.15) is 12.1 Å². The zero-order valence-electron chi connectivity index (χ0n) is 42.3. The predicted molar refractivity (Wildman–Crippen MR) is 283 cm³/mol. The van der Waals surface area contributed by atoms with E-state index in [0.717, 1.165) is 29.7 Å². The first-order valence-electron chi connectivity index (χ1n) is 24.0. The van der Waals surface area contributed by atoms with Crippen LogP contribution in [0.3, 0.4) is 0 Å². The van der Waals surface area contributed by atoms with Crippen molar-refractivity contribution in [3.05, 3.63) is 132 Å². The molecule has 4 rings (SSSR count). The minimum atomic E-state index is -1.04. The van der Waals surface area contributed by atoms with Crippen molar-refractivity contribution in [2.45, 2.75) is 90.6 Å². The molecule has 2 aromatic carbocycles. The summed E-state index contributed by atoms with van der Waals surface area (Å²) in [5, 5.41) is 21.2. The van der Waals surface area contributed by atoms with Crippen LogP contribution < -0.4 is 21.3 Å². The molecule has 0 aliphatic carbocycles. The van der Waals surface area contributed by atoms with E-state index in [9.17, 15) is 33.9 Å². The van der Waals surface area contributed by atoms with E-state index >= 15 is 0 Å². The molecule has 16 nitrogen and oxygen atoms in total. The van der Waals surface area contributed by atoms with Gasteiger partial charge >= 0.3 is 11.9 Å². The van der Waals surface area contributed by atoms with Gasteiger partial charge in [0.15, 0.2) is 0 Å². The molecule has 6 atom stereocenters. The minimum absolute atomic E-state index is 0.0215. The van der Waals surface area contributed by atoms with Gasteiger partial charge in [-0.25, -0.2) is 9.59 Å². The summed E-state index contributed by atoms with van der Waals surface area (Å²) in [6.45, 7) is 10.3. The number of hydrogen-bond acceptors (Lipinski definition) is 13. The quantitative estimate of drug-likeness (QED) is 0.0369. The molecule has 2 aromatic heterocycles. The molecule has 0 aliphatic rings. The third kappa shape index (κ3) is 22.9. The Labute approximate surface area is 428 Å². The summed E-state index contributed by atoms with van der Waals surface area (Å²) >= 11 is 3.14. The number of esters is 1. The fourth-order valence-corrected chi connectivity index (χ4v) is 8.36. The van der Waals surface area contributed by atoms with Gasteiger partial charge in [-0.3, -0.25) is 38.9 Å². The Bertz CT molecular complexity index is 2180. The highest BCUT2D eigenvalue weighted by atomic mass is 32.2. The number of carbonyl (C=O) groups excluding carboxylic acids is 5. The smallest absolute Gasteiger partial charge is 0.328 e. The number of nitrogens with zero attached hydrogens (tertiary/aromatic N) is 4. The van der Waals surface area contributed by atoms with E-state index < -0.39 is 24.0 Å². The molecule has 0 unspecified atom stereocenters. The molecule has 4 amide bonds. The van der Waals surface area contributed by atoms with Gasteiger partial charge in [0, 0.05) is 63.1 Å². The molecule has 18 heteroatoms. The van der Waals surface area contributed by atoms with Crippen LogP contribution >= 0.6 is 23.5 Å². The van der Waals surface area contributed by atoms with Gasteiger partial charge in [-0.15, -0.1) is 0 Å². The number of thioether (sulfide) groups is 2. The number of hydrogen-bond donors (Lipinski definition) is 5. The lowest BCUT2D eigenvalue weighted by atomic mass is 9.97. The largest absolute Gasteiger partial charge is 0.480 e. The van der Waals surface area contributed by atoms with Crippen molar-refractivity contribution in [1.82, 2.24) is 41.0 Å². The van der Waals surface area contributed by atoms with Crippen LogP contribution in [0.4, 0.5) is 0 Å². The van der Waals surface area contributed by atoms with E-state index in [2.05, 4.69) is 58.9 Å². The summed E-state index contributed by atoms with van der Waals surface area (Å²) in [6, 6.07) is 24.5. The van der Waals surface area contributed by atoms with Crippen molar-refractivity contribution >= 4 is 59.1 Å². The molecular weight excluding hydrogens is 941 g/mol. The zero-order valence-corrected chi connectivity index (χ0v) is 43.9. The first kappa shape index (κ1) is 59.5. The number of benzene rings is 2. The number of carboxylic acids is 1. The van der Waals surface area contributed by atoms with Gasteiger partial charge in [0.25, 0.3) is 11.8 Å². The van der Waals surface area contributed by atoms with Crippen LogP contribution in [0.25, 0.3) is 0 Å².